The molecule has 3 rings (SSSR count). The minimum absolute atomic E-state index is 0.167. The first kappa shape index (κ1) is 20.2. The number of benzene rings is 2. The van der Waals surface area contributed by atoms with E-state index in [2.05, 4.69) is 10.6 Å². The fourth-order valence-corrected chi connectivity index (χ4v) is 3.34. The largest absolute Gasteiger partial charge is 0.497 e. The van der Waals surface area contributed by atoms with Crippen molar-refractivity contribution in [1.82, 2.24) is 9.88 Å². The summed E-state index contributed by atoms with van der Waals surface area (Å²) < 4.78 is 7.33. The van der Waals surface area contributed by atoms with E-state index in [-0.39, 0.29) is 11.8 Å². The van der Waals surface area contributed by atoms with Crippen molar-refractivity contribution in [2.75, 3.05) is 19.0 Å². The SMILES string of the molecule is CCNC(=O)c1cccc(NC(=O)c2cc(C)n(-c3cccc(OC)c3)c2C)c1. The minimum Gasteiger partial charge on any atom is -0.497 e. The fraction of sp³-hybridized carbons (Fsp3) is 0.217. The van der Waals surface area contributed by atoms with Gasteiger partial charge in [0, 0.05) is 40.9 Å². The number of carbonyl (C=O) groups is 2. The molecular weight excluding hydrogens is 366 g/mol. The first-order valence-corrected chi connectivity index (χ1v) is 9.47. The van der Waals surface area contributed by atoms with Gasteiger partial charge in [0.2, 0.25) is 0 Å². The Labute approximate surface area is 170 Å². The first-order chi connectivity index (χ1) is 13.9. The molecule has 0 fully saturated rings. The van der Waals surface area contributed by atoms with E-state index >= 15 is 0 Å². The number of hydrogen-bond donors (Lipinski definition) is 2. The Bertz CT molecular complexity index is 1050. The summed E-state index contributed by atoms with van der Waals surface area (Å²) in [6.07, 6.45) is 0. The van der Waals surface area contributed by atoms with E-state index in [1.54, 1.807) is 31.4 Å². The second-order valence-electron chi connectivity index (χ2n) is 6.72. The monoisotopic (exact) mass is 391 g/mol. The van der Waals surface area contributed by atoms with Gasteiger partial charge in [0.1, 0.15) is 5.75 Å². The molecule has 1 heterocycles. The Kier molecular flexibility index (Phi) is 6.02. The molecule has 0 aliphatic rings. The number of anilines is 1. The highest BCUT2D eigenvalue weighted by Crippen LogP contribution is 2.24. The number of methoxy groups -OCH3 is 1. The molecule has 0 spiro atoms. The summed E-state index contributed by atoms with van der Waals surface area (Å²) >= 11 is 0. The maximum absolute atomic E-state index is 12.9. The third-order valence-electron chi connectivity index (χ3n) is 4.71. The number of amides is 2. The molecule has 150 valence electrons. The van der Waals surface area contributed by atoms with Gasteiger partial charge in [0.15, 0.2) is 0 Å². The van der Waals surface area contributed by atoms with Crippen LogP contribution in [-0.2, 0) is 0 Å². The molecule has 2 aromatic carbocycles. The first-order valence-electron chi connectivity index (χ1n) is 9.47. The summed E-state index contributed by atoms with van der Waals surface area (Å²) in [6.45, 7) is 6.28. The second kappa shape index (κ2) is 8.65. The van der Waals surface area contributed by atoms with Crippen LogP contribution in [0.1, 0.15) is 39.0 Å². The highest BCUT2D eigenvalue weighted by molar-refractivity contribution is 6.06. The highest BCUT2D eigenvalue weighted by Gasteiger charge is 2.17. The Balaban J connectivity index is 1.87. The lowest BCUT2D eigenvalue weighted by Gasteiger charge is -2.12. The molecule has 0 radical (unpaired) electrons. The lowest BCUT2D eigenvalue weighted by molar-refractivity contribution is 0.0954. The maximum atomic E-state index is 12.9. The van der Waals surface area contributed by atoms with Crippen LogP contribution in [0.5, 0.6) is 5.75 Å². The van der Waals surface area contributed by atoms with Crippen LogP contribution in [0.4, 0.5) is 5.69 Å². The van der Waals surface area contributed by atoms with Crippen LogP contribution in [0.25, 0.3) is 5.69 Å². The summed E-state index contributed by atoms with van der Waals surface area (Å²) in [5, 5.41) is 5.65. The zero-order valence-electron chi connectivity index (χ0n) is 17.1. The second-order valence-corrected chi connectivity index (χ2v) is 6.72. The van der Waals surface area contributed by atoms with Gasteiger partial charge in [-0.05, 0) is 57.2 Å². The fourth-order valence-electron chi connectivity index (χ4n) is 3.34. The van der Waals surface area contributed by atoms with Gasteiger partial charge in [-0.25, -0.2) is 0 Å². The van der Waals surface area contributed by atoms with E-state index in [4.69, 9.17) is 4.74 Å². The van der Waals surface area contributed by atoms with Crippen LogP contribution in [-0.4, -0.2) is 30.0 Å². The quantitative estimate of drug-likeness (QED) is 0.664. The number of carbonyl (C=O) groups excluding carboxylic acids is 2. The van der Waals surface area contributed by atoms with Crippen LogP contribution in [0.2, 0.25) is 0 Å². The molecule has 0 atom stereocenters. The standard InChI is InChI=1S/C23H25N3O3/c1-5-24-22(27)17-8-6-9-18(13-17)25-23(28)21-12-15(2)26(16(21)3)19-10-7-11-20(14-19)29-4/h6-14H,5H2,1-4H3,(H,24,27)(H,25,28). The molecule has 29 heavy (non-hydrogen) atoms. The zero-order valence-corrected chi connectivity index (χ0v) is 17.1. The average molecular weight is 391 g/mol. The van der Waals surface area contributed by atoms with E-state index in [1.807, 2.05) is 55.7 Å². The van der Waals surface area contributed by atoms with Gasteiger partial charge in [0.25, 0.3) is 11.8 Å². The van der Waals surface area contributed by atoms with E-state index in [0.29, 0.717) is 23.4 Å². The van der Waals surface area contributed by atoms with Gasteiger partial charge in [-0.2, -0.15) is 0 Å². The molecule has 6 nitrogen and oxygen atoms in total. The number of aryl methyl sites for hydroxylation is 1. The lowest BCUT2D eigenvalue weighted by atomic mass is 10.1. The molecule has 0 aliphatic heterocycles. The number of hydrogen-bond acceptors (Lipinski definition) is 3. The van der Waals surface area contributed by atoms with Crippen molar-refractivity contribution in [2.45, 2.75) is 20.8 Å². The smallest absolute Gasteiger partial charge is 0.257 e. The molecule has 6 heteroatoms. The molecule has 3 aromatic rings. The van der Waals surface area contributed by atoms with Gasteiger partial charge in [0.05, 0.1) is 12.7 Å². The molecule has 0 bridgehead atoms. The summed E-state index contributed by atoms with van der Waals surface area (Å²) in [4.78, 5) is 24.9. The Morgan fingerprint density at radius 3 is 2.48 bits per heavy atom. The number of rotatable bonds is 6. The Hall–Kier alpha value is -3.54. The normalized spacial score (nSPS) is 10.5. The van der Waals surface area contributed by atoms with Crippen molar-refractivity contribution in [3.05, 3.63) is 77.1 Å². The van der Waals surface area contributed by atoms with Crippen molar-refractivity contribution in [2.24, 2.45) is 0 Å². The molecule has 1 aromatic heterocycles. The number of nitrogens with zero attached hydrogens (tertiary/aromatic N) is 1. The van der Waals surface area contributed by atoms with E-state index in [1.165, 1.54) is 0 Å². The van der Waals surface area contributed by atoms with Gasteiger partial charge >= 0.3 is 0 Å². The van der Waals surface area contributed by atoms with Crippen LogP contribution in [0.3, 0.4) is 0 Å². The number of aromatic nitrogens is 1. The van der Waals surface area contributed by atoms with Crippen LogP contribution in [0.15, 0.2) is 54.6 Å². The topological polar surface area (TPSA) is 72.4 Å². The van der Waals surface area contributed by atoms with Gasteiger partial charge in [-0.1, -0.05) is 12.1 Å². The summed E-state index contributed by atoms with van der Waals surface area (Å²) in [7, 11) is 1.63. The van der Waals surface area contributed by atoms with Crippen molar-refractivity contribution >= 4 is 17.5 Å². The van der Waals surface area contributed by atoms with Crippen LogP contribution in [0, 0.1) is 13.8 Å². The minimum atomic E-state index is -0.222. The molecule has 0 unspecified atom stereocenters. The Morgan fingerprint density at radius 1 is 1.00 bits per heavy atom. The summed E-state index contributed by atoms with van der Waals surface area (Å²) in [5.41, 5.74) is 4.35. The van der Waals surface area contributed by atoms with E-state index < -0.39 is 0 Å². The molecule has 0 saturated heterocycles. The Morgan fingerprint density at radius 2 is 1.76 bits per heavy atom. The molecule has 0 saturated carbocycles. The van der Waals surface area contributed by atoms with Gasteiger partial charge in [-0.3, -0.25) is 9.59 Å². The van der Waals surface area contributed by atoms with E-state index in [9.17, 15) is 9.59 Å². The van der Waals surface area contributed by atoms with Crippen LogP contribution < -0.4 is 15.4 Å². The van der Waals surface area contributed by atoms with E-state index in [0.717, 1.165) is 22.8 Å². The molecule has 0 aliphatic carbocycles. The van der Waals surface area contributed by atoms with Crippen LogP contribution >= 0.6 is 0 Å². The van der Waals surface area contributed by atoms with Crippen molar-refractivity contribution in [1.29, 1.82) is 0 Å². The zero-order chi connectivity index (χ0) is 21.0. The van der Waals surface area contributed by atoms with Crippen molar-refractivity contribution in [3.8, 4) is 11.4 Å². The summed E-state index contributed by atoms with van der Waals surface area (Å²) in [6, 6.07) is 16.5. The number of ether oxygens (including phenoxy) is 1. The van der Waals surface area contributed by atoms with Gasteiger partial charge in [-0.15, -0.1) is 0 Å². The van der Waals surface area contributed by atoms with Crippen molar-refractivity contribution < 1.29 is 14.3 Å². The molecule has 2 N–H and O–H groups in total. The maximum Gasteiger partial charge on any atom is 0.257 e. The predicted molar refractivity (Wildman–Crippen MR) is 114 cm³/mol. The third kappa shape index (κ3) is 4.32. The summed E-state index contributed by atoms with van der Waals surface area (Å²) in [5.74, 6) is 0.364. The average Bonchev–Trinajstić information content (AvgIpc) is 3.02. The van der Waals surface area contributed by atoms with Gasteiger partial charge < -0.3 is 19.9 Å². The lowest BCUT2D eigenvalue weighted by Crippen LogP contribution is -2.22. The number of nitrogens with one attached hydrogen (secondary N) is 2. The van der Waals surface area contributed by atoms with Crippen molar-refractivity contribution in [3.63, 3.8) is 0 Å². The highest BCUT2D eigenvalue weighted by atomic mass is 16.5. The predicted octanol–water partition coefficient (Wildman–Crippen LogP) is 4.10. The molecular formula is C23H25N3O3. The molecule has 2 amide bonds. The third-order valence-corrected chi connectivity index (χ3v) is 4.71.